The van der Waals surface area contributed by atoms with E-state index in [-0.39, 0.29) is 5.91 Å². The van der Waals surface area contributed by atoms with Crippen molar-refractivity contribution >= 4 is 11.6 Å². The van der Waals surface area contributed by atoms with Gasteiger partial charge in [0, 0.05) is 12.5 Å². The molecule has 21 heavy (non-hydrogen) atoms. The predicted molar refractivity (Wildman–Crippen MR) is 81.7 cm³/mol. The van der Waals surface area contributed by atoms with Crippen LogP contribution in [0, 0.1) is 17.8 Å². The van der Waals surface area contributed by atoms with Crippen molar-refractivity contribution < 1.29 is 14.3 Å². The van der Waals surface area contributed by atoms with Crippen molar-refractivity contribution in [3.63, 3.8) is 0 Å². The van der Waals surface area contributed by atoms with Crippen molar-refractivity contribution in [1.29, 1.82) is 0 Å². The van der Waals surface area contributed by atoms with Gasteiger partial charge < -0.3 is 14.8 Å². The second kappa shape index (κ2) is 5.96. The summed E-state index contributed by atoms with van der Waals surface area (Å²) in [5.74, 6) is 3.68. The third-order valence-electron chi connectivity index (χ3n) is 5.01. The Kier molecular flexibility index (Phi) is 4.04. The third-order valence-corrected chi connectivity index (χ3v) is 5.01. The second-order valence-corrected chi connectivity index (χ2v) is 6.25. The SMILES string of the molecule is COc1ccc(NC(=O)C[C@H]2C[C@H]3CC[C@@H]2C3)c(OC)c1. The third kappa shape index (κ3) is 2.99. The number of amides is 1. The largest absolute Gasteiger partial charge is 0.497 e. The van der Waals surface area contributed by atoms with Crippen LogP contribution < -0.4 is 14.8 Å². The summed E-state index contributed by atoms with van der Waals surface area (Å²) >= 11 is 0. The molecule has 0 unspecified atom stereocenters. The number of anilines is 1. The van der Waals surface area contributed by atoms with Gasteiger partial charge in [-0.3, -0.25) is 4.79 Å². The molecule has 2 saturated carbocycles. The number of methoxy groups -OCH3 is 2. The highest BCUT2D eigenvalue weighted by Gasteiger charge is 2.40. The van der Waals surface area contributed by atoms with Crippen LogP contribution in [0.3, 0.4) is 0 Å². The number of rotatable bonds is 5. The first-order valence-corrected chi connectivity index (χ1v) is 7.71. The molecule has 2 bridgehead atoms. The molecule has 1 aromatic carbocycles. The van der Waals surface area contributed by atoms with E-state index in [4.69, 9.17) is 9.47 Å². The molecule has 2 aliphatic rings. The molecule has 3 atom stereocenters. The van der Waals surface area contributed by atoms with Gasteiger partial charge in [0.2, 0.25) is 5.91 Å². The number of nitrogens with one attached hydrogen (secondary N) is 1. The number of carbonyl (C=O) groups excluding carboxylic acids is 1. The minimum Gasteiger partial charge on any atom is -0.497 e. The Morgan fingerprint density at radius 3 is 2.71 bits per heavy atom. The quantitative estimate of drug-likeness (QED) is 0.903. The Hall–Kier alpha value is -1.71. The number of fused-ring (bicyclic) bond motifs is 2. The topological polar surface area (TPSA) is 47.6 Å². The molecule has 0 aromatic heterocycles. The molecule has 4 nitrogen and oxygen atoms in total. The van der Waals surface area contributed by atoms with Crippen molar-refractivity contribution in [2.24, 2.45) is 17.8 Å². The molecule has 0 radical (unpaired) electrons. The van der Waals surface area contributed by atoms with Crippen LogP contribution in [0.2, 0.25) is 0 Å². The lowest BCUT2D eigenvalue weighted by atomic mass is 9.86. The standard InChI is InChI=1S/C17H23NO3/c1-20-14-5-6-15(16(10-14)21-2)18-17(19)9-13-8-11-3-4-12(13)7-11/h5-6,10-13H,3-4,7-9H2,1-2H3,(H,18,19)/t11-,12+,13+/m0/s1. The molecule has 4 heteroatoms. The molecule has 1 aromatic rings. The second-order valence-electron chi connectivity index (χ2n) is 6.25. The van der Waals surface area contributed by atoms with Crippen molar-refractivity contribution in [1.82, 2.24) is 0 Å². The van der Waals surface area contributed by atoms with Crippen LogP contribution in [0.4, 0.5) is 5.69 Å². The van der Waals surface area contributed by atoms with Gasteiger partial charge in [0.1, 0.15) is 11.5 Å². The van der Waals surface area contributed by atoms with Gasteiger partial charge in [-0.15, -0.1) is 0 Å². The van der Waals surface area contributed by atoms with E-state index in [1.807, 2.05) is 12.1 Å². The lowest BCUT2D eigenvalue weighted by Gasteiger charge is -2.21. The van der Waals surface area contributed by atoms with Crippen molar-refractivity contribution in [3.05, 3.63) is 18.2 Å². The van der Waals surface area contributed by atoms with Crippen LogP contribution in [-0.2, 0) is 4.79 Å². The molecule has 1 amide bonds. The summed E-state index contributed by atoms with van der Waals surface area (Å²) < 4.78 is 10.5. The van der Waals surface area contributed by atoms with Crippen LogP contribution in [-0.4, -0.2) is 20.1 Å². The summed E-state index contributed by atoms with van der Waals surface area (Å²) in [5, 5.41) is 2.98. The van der Waals surface area contributed by atoms with Crippen LogP contribution >= 0.6 is 0 Å². The minimum atomic E-state index is 0.0935. The Bertz CT molecular complexity index is 529. The average Bonchev–Trinajstić information content (AvgIpc) is 3.10. The summed E-state index contributed by atoms with van der Waals surface area (Å²) in [7, 11) is 3.21. The zero-order chi connectivity index (χ0) is 14.8. The summed E-state index contributed by atoms with van der Waals surface area (Å²) in [6, 6.07) is 5.44. The minimum absolute atomic E-state index is 0.0935. The molecule has 0 aliphatic heterocycles. The molecule has 2 aliphatic carbocycles. The van der Waals surface area contributed by atoms with Gasteiger partial charge >= 0.3 is 0 Å². The van der Waals surface area contributed by atoms with E-state index < -0.39 is 0 Å². The number of benzene rings is 1. The zero-order valence-corrected chi connectivity index (χ0v) is 12.7. The van der Waals surface area contributed by atoms with Gasteiger partial charge in [-0.1, -0.05) is 6.42 Å². The maximum Gasteiger partial charge on any atom is 0.224 e. The summed E-state index contributed by atoms with van der Waals surface area (Å²) in [5.41, 5.74) is 0.714. The van der Waals surface area contributed by atoms with E-state index in [1.54, 1.807) is 20.3 Å². The van der Waals surface area contributed by atoms with E-state index in [9.17, 15) is 4.79 Å². The van der Waals surface area contributed by atoms with Gasteiger partial charge in [0.05, 0.1) is 19.9 Å². The van der Waals surface area contributed by atoms with Gasteiger partial charge in [-0.25, -0.2) is 0 Å². The lowest BCUT2D eigenvalue weighted by Crippen LogP contribution is -2.20. The van der Waals surface area contributed by atoms with Gasteiger partial charge in [-0.2, -0.15) is 0 Å². The number of hydrogen-bond acceptors (Lipinski definition) is 3. The van der Waals surface area contributed by atoms with Crippen LogP contribution in [0.25, 0.3) is 0 Å². The molecular weight excluding hydrogens is 266 g/mol. The molecule has 0 heterocycles. The van der Waals surface area contributed by atoms with E-state index in [2.05, 4.69) is 5.32 Å². The Morgan fingerprint density at radius 1 is 1.24 bits per heavy atom. The van der Waals surface area contributed by atoms with Crippen molar-refractivity contribution in [3.8, 4) is 11.5 Å². The summed E-state index contributed by atoms with van der Waals surface area (Å²) in [6.07, 6.45) is 5.89. The van der Waals surface area contributed by atoms with Gasteiger partial charge in [0.15, 0.2) is 0 Å². The highest BCUT2D eigenvalue weighted by atomic mass is 16.5. The molecule has 2 fully saturated rings. The summed E-state index contributed by atoms with van der Waals surface area (Å²) in [6.45, 7) is 0. The first-order chi connectivity index (χ1) is 10.2. The Labute approximate surface area is 125 Å². The zero-order valence-electron chi connectivity index (χ0n) is 12.7. The van der Waals surface area contributed by atoms with Gasteiger partial charge in [-0.05, 0) is 49.1 Å². The van der Waals surface area contributed by atoms with Gasteiger partial charge in [0.25, 0.3) is 0 Å². The van der Waals surface area contributed by atoms with E-state index in [0.717, 1.165) is 17.6 Å². The fourth-order valence-corrected chi connectivity index (χ4v) is 3.97. The Balaban J connectivity index is 1.62. The maximum atomic E-state index is 12.3. The smallest absolute Gasteiger partial charge is 0.224 e. The van der Waals surface area contributed by atoms with Crippen LogP contribution in [0.15, 0.2) is 18.2 Å². The molecule has 114 valence electrons. The molecule has 0 saturated heterocycles. The normalized spacial score (nSPS) is 26.7. The fourth-order valence-electron chi connectivity index (χ4n) is 3.97. The Morgan fingerprint density at radius 2 is 2.10 bits per heavy atom. The number of ether oxygens (including phenoxy) is 2. The first kappa shape index (κ1) is 14.2. The lowest BCUT2D eigenvalue weighted by molar-refractivity contribution is -0.117. The average molecular weight is 289 g/mol. The van der Waals surface area contributed by atoms with Crippen molar-refractivity contribution in [2.75, 3.05) is 19.5 Å². The fraction of sp³-hybridized carbons (Fsp3) is 0.588. The van der Waals surface area contributed by atoms with Crippen molar-refractivity contribution in [2.45, 2.75) is 32.1 Å². The molecule has 0 spiro atoms. The van der Waals surface area contributed by atoms with Crippen LogP contribution in [0.5, 0.6) is 11.5 Å². The van der Waals surface area contributed by atoms with E-state index in [0.29, 0.717) is 23.8 Å². The molecule has 1 N–H and O–H groups in total. The molecule has 3 rings (SSSR count). The monoisotopic (exact) mass is 289 g/mol. The van der Waals surface area contributed by atoms with E-state index in [1.165, 1.54) is 25.7 Å². The predicted octanol–water partition coefficient (Wildman–Crippen LogP) is 3.47. The first-order valence-electron chi connectivity index (χ1n) is 7.71. The highest BCUT2D eigenvalue weighted by Crippen LogP contribution is 2.49. The van der Waals surface area contributed by atoms with E-state index >= 15 is 0 Å². The highest BCUT2D eigenvalue weighted by molar-refractivity contribution is 5.92. The number of hydrogen-bond donors (Lipinski definition) is 1. The van der Waals surface area contributed by atoms with Crippen LogP contribution in [0.1, 0.15) is 32.1 Å². The maximum absolute atomic E-state index is 12.3. The number of carbonyl (C=O) groups is 1. The summed E-state index contributed by atoms with van der Waals surface area (Å²) in [4.78, 5) is 12.3. The molecular formula is C17H23NO3.